The van der Waals surface area contributed by atoms with Crippen molar-refractivity contribution in [1.29, 1.82) is 0 Å². The Morgan fingerprint density at radius 1 is 1.17 bits per heavy atom. The van der Waals surface area contributed by atoms with Crippen LogP contribution in [0.25, 0.3) is 0 Å². The van der Waals surface area contributed by atoms with Gasteiger partial charge in [0.1, 0.15) is 17.2 Å². The molecule has 1 amide bonds. The Morgan fingerprint density at radius 2 is 1.76 bits per heavy atom. The van der Waals surface area contributed by atoms with Gasteiger partial charge in [0.15, 0.2) is 0 Å². The Labute approximate surface area is 172 Å². The first-order valence-corrected chi connectivity index (χ1v) is 9.27. The molecule has 1 N–H and O–H groups in total. The molecule has 9 heteroatoms. The standard InChI is InChI=1S/C20H19ClN4O4/c1-3-17-18(21)19(24(2)23-17)20(26)22-12-13-4-8-15(9-5-13)29-16-10-6-14(7-11-16)25(27)28/h4-11H,3,12H2,1-2H3,(H,22,26). The monoisotopic (exact) mass is 414 g/mol. The van der Waals surface area contributed by atoms with Crippen molar-refractivity contribution in [1.82, 2.24) is 15.1 Å². The third-order valence-corrected chi connectivity index (χ3v) is 4.66. The van der Waals surface area contributed by atoms with Crippen molar-refractivity contribution in [3.8, 4) is 11.5 Å². The van der Waals surface area contributed by atoms with E-state index in [0.29, 0.717) is 40.9 Å². The summed E-state index contributed by atoms with van der Waals surface area (Å²) in [5, 5.41) is 18.1. The molecule has 0 bridgehead atoms. The number of hydrogen-bond acceptors (Lipinski definition) is 5. The number of nitro groups is 1. The Balaban J connectivity index is 1.60. The van der Waals surface area contributed by atoms with Crippen LogP contribution in [0.5, 0.6) is 11.5 Å². The summed E-state index contributed by atoms with van der Waals surface area (Å²) in [5.74, 6) is 0.779. The first-order chi connectivity index (χ1) is 13.9. The molecule has 0 aliphatic rings. The fourth-order valence-electron chi connectivity index (χ4n) is 2.74. The second kappa shape index (κ2) is 8.74. The van der Waals surface area contributed by atoms with Gasteiger partial charge in [-0.1, -0.05) is 30.7 Å². The van der Waals surface area contributed by atoms with Crippen LogP contribution in [0.3, 0.4) is 0 Å². The first kappa shape index (κ1) is 20.3. The van der Waals surface area contributed by atoms with Crippen LogP contribution >= 0.6 is 11.6 Å². The molecule has 150 valence electrons. The van der Waals surface area contributed by atoms with E-state index in [2.05, 4.69) is 10.4 Å². The summed E-state index contributed by atoms with van der Waals surface area (Å²) in [7, 11) is 1.68. The molecule has 1 heterocycles. The second-order valence-electron chi connectivity index (χ2n) is 6.27. The predicted molar refractivity (Wildman–Crippen MR) is 108 cm³/mol. The summed E-state index contributed by atoms with van der Waals surface area (Å²) in [5.41, 5.74) is 1.90. The van der Waals surface area contributed by atoms with Crippen molar-refractivity contribution in [3.63, 3.8) is 0 Å². The number of hydrogen-bond donors (Lipinski definition) is 1. The summed E-state index contributed by atoms with van der Waals surface area (Å²) in [6.07, 6.45) is 0.649. The van der Waals surface area contributed by atoms with Gasteiger partial charge in [0.2, 0.25) is 0 Å². The number of rotatable bonds is 7. The molecule has 3 rings (SSSR count). The Morgan fingerprint density at radius 3 is 2.28 bits per heavy atom. The largest absolute Gasteiger partial charge is 0.457 e. The van der Waals surface area contributed by atoms with Gasteiger partial charge in [0.05, 0.1) is 15.6 Å². The molecular weight excluding hydrogens is 396 g/mol. The number of nitrogens with zero attached hydrogens (tertiary/aromatic N) is 3. The van der Waals surface area contributed by atoms with Crippen molar-refractivity contribution in [2.24, 2.45) is 7.05 Å². The molecule has 0 unspecified atom stereocenters. The molecule has 0 spiro atoms. The summed E-state index contributed by atoms with van der Waals surface area (Å²) >= 11 is 6.23. The van der Waals surface area contributed by atoms with Gasteiger partial charge in [-0.25, -0.2) is 0 Å². The van der Waals surface area contributed by atoms with E-state index in [-0.39, 0.29) is 11.6 Å². The van der Waals surface area contributed by atoms with E-state index in [9.17, 15) is 14.9 Å². The van der Waals surface area contributed by atoms with Crippen LogP contribution in [-0.2, 0) is 20.0 Å². The van der Waals surface area contributed by atoms with Gasteiger partial charge in [0, 0.05) is 25.7 Å². The fraction of sp³-hybridized carbons (Fsp3) is 0.200. The Kier molecular flexibility index (Phi) is 6.13. The van der Waals surface area contributed by atoms with E-state index in [4.69, 9.17) is 16.3 Å². The van der Waals surface area contributed by atoms with Crippen LogP contribution in [0.1, 0.15) is 28.7 Å². The van der Waals surface area contributed by atoms with E-state index in [1.54, 1.807) is 19.2 Å². The summed E-state index contributed by atoms with van der Waals surface area (Å²) in [6, 6.07) is 13.0. The molecule has 0 atom stereocenters. The molecule has 8 nitrogen and oxygen atoms in total. The SMILES string of the molecule is CCc1nn(C)c(C(=O)NCc2ccc(Oc3ccc([N+](=O)[O-])cc3)cc2)c1Cl. The fourth-order valence-corrected chi connectivity index (χ4v) is 3.12. The lowest BCUT2D eigenvalue weighted by Crippen LogP contribution is -2.25. The number of nitrogens with one attached hydrogen (secondary N) is 1. The van der Waals surface area contributed by atoms with E-state index < -0.39 is 4.92 Å². The van der Waals surface area contributed by atoms with Crippen molar-refractivity contribution in [2.75, 3.05) is 0 Å². The number of carbonyl (C=O) groups excluding carboxylic acids is 1. The van der Waals surface area contributed by atoms with Crippen LogP contribution < -0.4 is 10.1 Å². The highest BCUT2D eigenvalue weighted by Gasteiger charge is 2.19. The molecule has 0 fully saturated rings. The summed E-state index contributed by atoms with van der Waals surface area (Å²) < 4.78 is 7.15. The van der Waals surface area contributed by atoms with E-state index in [0.717, 1.165) is 5.56 Å². The number of aryl methyl sites for hydroxylation is 2. The van der Waals surface area contributed by atoms with Gasteiger partial charge in [-0.15, -0.1) is 0 Å². The Bertz CT molecular complexity index is 1030. The zero-order valence-corrected chi connectivity index (χ0v) is 16.6. The minimum atomic E-state index is -0.464. The third kappa shape index (κ3) is 4.72. The van der Waals surface area contributed by atoms with Crippen molar-refractivity contribution < 1.29 is 14.5 Å². The van der Waals surface area contributed by atoms with Gasteiger partial charge < -0.3 is 10.1 Å². The third-order valence-electron chi connectivity index (χ3n) is 4.27. The number of benzene rings is 2. The minimum absolute atomic E-state index is 0.00280. The molecule has 29 heavy (non-hydrogen) atoms. The Hall–Kier alpha value is -3.39. The number of nitro benzene ring substituents is 1. The maximum Gasteiger partial charge on any atom is 0.271 e. The van der Waals surface area contributed by atoms with E-state index in [1.165, 1.54) is 28.9 Å². The highest BCUT2D eigenvalue weighted by Crippen LogP contribution is 2.24. The van der Waals surface area contributed by atoms with E-state index in [1.807, 2.05) is 19.1 Å². The topological polar surface area (TPSA) is 99.3 Å². The zero-order valence-electron chi connectivity index (χ0n) is 15.9. The van der Waals surface area contributed by atoms with Crippen LogP contribution in [0.2, 0.25) is 5.02 Å². The average Bonchev–Trinajstić information content (AvgIpc) is 3.01. The number of carbonyl (C=O) groups is 1. The van der Waals surface area contributed by atoms with Gasteiger partial charge in [-0.05, 0) is 36.2 Å². The number of aromatic nitrogens is 2. The highest BCUT2D eigenvalue weighted by molar-refractivity contribution is 6.34. The quantitative estimate of drug-likeness (QED) is 0.459. The molecule has 0 aliphatic carbocycles. The molecule has 2 aromatic carbocycles. The second-order valence-corrected chi connectivity index (χ2v) is 6.64. The average molecular weight is 415 g/mol. The molecule has 0 aliphatic heterocycles. The van der Waals surface area contributed by atoms with Gasteiger partial charge in [0.25, 0.3) is 11.6 Å². The van der Waals surface area contributed by atoms with Crippen molar-refractivity contribution in [3.05, 3.63) is 80.6 Å². The van der Waals surface area contributed by atoms with Crippen LogP contribution in [0.4, 0.5) is 5.69 Å². The molecule has 0 radical (unpaired) electrons. The predicted octanol–water partition coefficient (Wildman–Crippen LogP) is 4.27. The number of halogens is 1. The summed E-state index contributed by atoms with van der Waals surface area (Å²) in [6.45, 7) is 2.25. The van der Waals surface area contributed by atoms with Gasteiger partial charge in [-0.2, -0.15) is 5.10 Å². The lowest BCUT2D eigenvalue weighted by molar-refractivity contribution is -0.384. The zero-order chi connectivity index (χ0) is 21.0. The van der Waals surface area contributed by atoms with Crippen LogP contribution in [0.15, 0.2) is 48.5 Å². The van der Waals surface area contributed by atoms with Crippen molar-refractivity contribution in [2.45, 2.75) is 19.9 Å². The lowest BCUT2D eigenvalue weighted by Gasteiger charge is -2.08. The van der Waals surface area contributed by atoms with E-state index >= 15 is 0 Å². The molecule has 1 aromatic heterocycles. The number of non-ortho nitro benzene ring substituents is 1. The molecule has 0 saturated heterocycles. The highest BCUT2D eigenvalue weighted by atomic mass is 35.5. The normalized spacial score (nSPS) is 10.6. The maximum atomic E-state index is 12.4. The smallest absolute Gasteiger partial charge is 0.271 e. The number of amides is 1. The van der Waals surface area contributed by atoms with Crippen LogP contribution in [-0.4, -0.2) is 20.6 Å². The van der Waals surface area contributed by atoms with Crippen molar-refractivity contribution >= 4 is 23.2 Å². The lowest BCUT2D eigenvalue weighted by atomic mass is 10.2. The molecule has 3 aromatic rings. The minimum Gasteiger partial charge on any atom is -0.457 e. The van der Waals surface area contributed by atoms with Gasteiger partial charge in [-0.3, -0.25) is 19.6 Å². The first-order valence-electron chi connectivity index (χ1n) is 8.90. The van der Waals surface area contributed by atoms with Crippen LogP contribution in [0, 0.1) is 10.1 Å². The number of ether oxygens (including phenoxy) is 1. The molecule has 0 saturated carbocycles. The molecular formula is C20H19ClN4O4. The maximum absolute atomic E-state index is 12.4. The van der Waals surface area contributed by atoms with Gasteiger partial charge >= 0.3 is 0 Å². The summed E-state index contributed by atoms with van der Waals surface area (Å²) in [4.78, 5) is 22.7.